The fourth-order valence-electron chi connectivity index (χ4n) is 3.78. The quantitative estimate of drug-likeness (QED) is 0.136. The summed E-state index contributed by atoms with van der Waals surface area (Å²) >= 11 is 5.45. The second kappa shape index (κ2) is 18.0. The molecule has 1 aliphatic rings. The van der Waals surface area contributed by atoms with Gasteiger partial charge in [-0.3, -0.25) is 33.7 Å². The zero-order valence-corrected chi connectivity index (χ0v) is 30.9. The average Bonchev–Trinajstić information content (AvgIpc) is 3.31. The number of nitrogens with one attached hydrogen (secondary N) is 2. The number of hydrogen-bond acceptors (Lipinski definition) is 13. The van der Waals surface area contributed by atoms with Gasteiger partial charge in [-0.1, -0.05) is 0 Å². The largest absolute Gasteiger partial charge is 0.464 e. The maximum Gasteiger partial charge on any atom is 0.414 e. The van der Waals surface area contributed by atoms with Gasteiger partial charge >= 0.3 is 30.0 Å². The van der Waals surface area contributed by atoms with Crippen molar-refractivity contribution >= 4 is 115 Å². The maximum absolute atomic E-state index is 13.8. The lowest BCUT2D eigenvalue weighted by Gasteiger charge is -2.27. The smallest absolute Gasteiger partial charge is 0.414 e. The predicted molar refractivity (Wildman–Crippen MR) is 178 cm³/mol. The van der Waals surface area contributed by atoms with Gasteiger partial charge < -0.3 is 39.4 Å². The van der Waals surface area contributed by atoms with E-state index in [1.165, 1.54) is 0 Å². The minimum absolute atomic E-state index is 0.0691. The molecule has 0 aromatic heterocycles. The van der Waals surface area contributed by atoms with Crippen molar-refractivity contribution in [1.29, 1.82) is 0 Å². The highest BCUT2D eigenvalue weighted by Gasteiger charge is 2.40. The zero-order chi connectivity index (χ0) is 34.0. The average molecular weight is 973 g/mol. The maximum atomic E-state index is 13.8. The van der Waals surface area contributed by atoms with Crippen molar-refractivity contribution in [1.82, 2.24) is 10.6 Å². The first-order chi connectivity index (χ1) is 21.1. The standard InChI is InChI=1S/C26H30I3N3O13/c1-11(34)41-6-15(7-42-12(2)35)30-24(38)18-20(27)19(25(39)31-16(8-43-13(3)36)9-44-14(4)37)22(29)23(21(18)28)32-17(5-33)10-45-26(32)40/h15-17,33H,5-10H2,1-4H3,(H,30,38)(H,31,39). The Balaban J connectivity index is 2.68. The van der Waals surface area contributed by atoms with Crippen molar-refractivity contribution in [3.8, 4) is 0 Å². The van der Waals surface area contributed by atoms with E-state index >= 15 is 0 Å². The Labute approximate surface area is 298 Å². The molecule has 1 aliphatic heterocycles. The third-order valence-corrected chi connectivity index (χ3v) is 8.96. The normalized spacial score (nSPS) is 14.1. The van der Waals surface area contributed by atoms with E-state index in [0.717, 1.165) is 32.6 Å². The number of ether oxygens (including phenoxy) is 5. The molecule has 1 saturated heterocycles. The van der Waals surface area contributed by atoms with Crippen LogP contribution in [-0.4, -0.2) is 105 Å². The minimum atomic E-state index is -0.990. The van der Waals surface area contributed by atoms with Crippen molar-refractivity contribution < 1.29 is 62.4 Å². The van der Waals surface area contributed by atoms with Crippen LogP contribution in [0.1, 0.15) is 48.4 Å². The van der Waals surface area contributed by atoms with Crippen molar-refractivity contribution in [2.45, 2.75) is 45.8 Å². The number of benzene rings is 1. The van der Waals surface area contributed by atoms with Crippen LogP contribution in [0.5, 0.6) is 0 Å². The molecule has 0 radical (unpaired) electrons. The van der Waals surface area contributed by atoms with E-state index in [9.17, 15) is 38.7 Å². The monoisotopic (exact) mass is 973 g/mol. The number of carbonyl (C=O) groups excluding carboxylic acids is 7. The molecule has 3 N–H and O–H groups in total. The lowest BCUT2D eigenvalue weighted by atomic mass is 10.1. The van der Waals surface area contributed by atoms with Crippen LogP contribution in [0.25, 0.3) is 0 Å². The lowest BCUT2D eigenvalue weighted by molar-refractivity contribution is -0.146. The van der Waals surface area contributed by atoms with Crippen molar-refractivity contribution in [3.05, 3.63) is 21.8 Å². The number of esters is 4. The van der Waals surface area contributed by atoms with Crippen LogP contribution in [0.4, 0.5) is 10.5 Å². The molecule has 1 heterocycles. The van der Waals surface area contributed by atoms with Crippen molar-refractivity contribution in [2.24, 2.45) is 0 Å². The van der Waals surface area contributed by atoms with E-state index < -0.39 is 66.5 Å². The summed E-state index contributed by atoms with van der Waals surface area (Å²) in [5, 5.41) is 15.2. The van der Waals surface area contributed by atoms with Crippen LogP contribution < -0.4 is 15.5 Å². The van der Waals surface area contributed by atoms with Gasteiger partial charge in [0.25, 0.3) is 11.8 Å². The fourth-order valence-corrected chi connectivity index (χ4v) is 8.45. The molecular formula is C26H30I3N3O13. The third-order valence-electron chi connectivity index (χ3n) is 5.78. The van der Waals surface area contributed by atoms with Crippen LogP contribution in [0.2, 0.25) is 0 Å². The second-order valence-corrected chi connectivity index (χ2v) is 12.6. The number of amides is 3. The molecule has 248 valence electrons. The Kier molecular flexibility index (Phi) is 15.4. The number of cyclic esters (lactones) is 1. The molecule has 1 unspecified atom stereocenters. The summed E-state index contributed by atoms with van der Waals surface area (Å²) in [5.74, 6) is -4.12. The SMILES string of the molecule is CC(=O)OCC(COC(C)=O)NC(=O)c1c(I)c(C(=O)NC(COC(C)=O)COC(C)=O)c(I)c(N2C(=O)OCC2CO)c1I. The van der Waals surface area contributed by atoms with Crippen LogP contribution in [-0.2, 0) is 42.9 Å². The van der Waals surface area contributed by atoms with E-state index in [0.29, 0.717) is 0 Å². The second-order valence-electron chi connectivity index (χ2n) is 9.37. The summed E-state index contributed by atoms with van der Waals surface area (Å²) < 4.78 is 25.7. The summed E-state index contributed by atoms with van der Waals surface area (Å²) in [6, 6.07) is -2.82. The fraction of sp³-hybridized carbons (Fsp3) is 0.500. The molecule has 0 bridgehead atoms. The van der Waals surface area contributed by atoms with E-state index in [4.69, 9.17) is 23.7 Å². The summed E-state index contributed by atoms with van der Waals surface area (Å²) in [6.07, 6.45) is -0.825. The number of anilines is 1. The Morgan fingerprint density at radius 1 is 0.756 bits per heavy atom. The Bertz CT molecular complexity index is 1240. The van der Waals surface area contributed by atoms with Gasteiger partial charge in [-0.25, -0.2) is 4.79 Å². The van der Waals surface area contributed by atoms with Crippen LogP contribution in [0.15, 0.2) is 0 Å². The number of nitrogens with zero attached hydrogens (tertiary/aromatic N) is 1. The molecule has 1 fully saturated rings. The molecule has 19 heteroatoms. The Morgan fingerprint density at radius 3 is 1.42 bits per heavy atom. The summed E-state index contributed by atoms with van der Waals surface area (Å²) in [4.78, 5) is 87.3. The molecule has 3 amide bonds. The first kappa shape index (κ1) is 38.6. The Hall–Kier alpha value is -2.54. The number of carbonyl (C=O) groups is 7. The Morgan fingerprint density at radius 2 is 1.11 bits per heavy atom. The van der Waals surface area contributed by atoms with Gasteiger partial charge in [0.1, 0.15) is 33.0 Å². The summed E-state index contributed by atoms with van der Waals surface area (Å²) in [6.45, 7) is 2.63. The zero-order valence-electron chi connectivity index (χ0n) is 24.4. The van der Waals surface area contributed by atoms with Gasteiger partial charge in [-0.05, 0) is 67.8 Å². The molecule has 1 aromatic carbocycles. The highest BCUT2D eigenvalue weighted by molar-refractivity contribution is 14.1. The van der Waals surface area contributed by atoms with Crippen LogP contribution in [0, 0.1) is 10.7 Å². The molecule has 0 saturated carbocycles. The predicted octanol–water partition coefficient (Wildman–Crippen LogP) is 1.27. The lowest BCUT2D eigenvalue weighted by Crippen LogP contribution is -2.45. The minimum Gasteiger partial charge on any atom is -0.464 e. The van der Waals surface area contributed by atoms with Crippen LogP contribution >= 0.6 is 67.8 Å². The molecule has 45 heavy (non-hydrogen) atoms. The number of rotatable bonds is 14. The van der Waals surface area contributed by atoms with Gasteiger partial charge in [-0.15, -0.1) is 0 Å². The molecule has 1 aromatic rings. The highest BCUT2D eigenvalue weighted by Crippen LogP contribution is 2.40. The summed E-state index contributed by atoms with van der Waals surface area (Å²) in [7, 11) is 0. The molecule has 16 nitrogen and oxygen atoms in total. The highest BCUT2D eigenvalue weighted by atomic mass is 127. The van der Waals surface area contributed by atoms with Gasteiger partial charge in [0, 0.05) is 31.3 Å². The van der Waals surface area contributed by atoms with Gasteiger partial charge in [0.15, 0.2) is 0 Å². The van der Waals surface area contributed by atoms with Crippen LogP contribution in [0.3, 0.4) is 0 Å². The van der Waals surface area contributed by atoms with E-state index in [1.54, 1.807) is 22.6 Å². The molecule has 2 rings (SSSR count). The van der Waals surface area contributed by atoms with Gasteiger partial charge in [0.05, 0.1) is 48.7 Å². The van der Waals surface area contributed by atoms with Gasteiger partial charge in [-0.2, -0.15) is 0 Å². The molecule has 0 aliphatic carbocycles. The topological polar surface area (TPSA) is 213 Å². The first-order valence-electron chi connectivity index (χ1n) is 13.0. The van der Waals surface area contributed by atoms with E-state index in [1.807, 2.05) is 45.2 Å². The molecule has 1 atom stereocenters. The summed E-state index contributed by atoms with van der Waals surface area (Å²) in [5.41, 5.74) is -0.0397. The number of hydrogen-bond donors (Lipinski definition) is 3. The van der Waals surface area contributed by atoms with Crippen molar-refractivity contribution in [3.63, 3.8) is 0 Å². The first-order valence-corrected chi connectivity index (χ1v) is 16.2. The number of aliphatic hydroxyl groups excluding tert-OH is 1. The van der Waals surface area contributed by atoms with Crippen molar-refractivity contribution in [2.75, 3.05) is 44.5 Å². The third kappa shape index (κ3) is 11.0. The van der Waals surface area contributed by atoms with Gasteiger partial charge in [0.2, 0.25) is 0 Å². The van der Waals surface area contributed by atoms with E-state index in [-0.39, 0.29) is 60.6 Å². The molecular weight excluding hydrogens is 943 g/mol. The molecule has 0 spiro atoms. The number of aliphatic hydroxyl groups is 1. The number of halogens is 3. The van der Waals surface area contributed by atoms with E-state index in [2.05, 4.69) is 10.6 Å².